The zero-order valence-electron chi connectivity index (χ0n) is 16.4. The van der Waals surface area contributed by atoms with Gasteiger partial charge in [-0.15, -0.1) is 0 Å². The Labute approximate surface area is 169 Å². The third-order valence-corrected chi connectivity index (χ3v) is 4.35. The van der Waals surface area contributed by atoms with E-state index in [2.05, 4.69) is 15.6 Å². The summed E-state index contributed by atoms with van der Waals surface area (Å²) >= 11 is 0. The maximum Gasteiger partial charge on any atom is 0.257 e. The fourth-order valence-electron chi connectivity index (χ4n) is 2.82. The van der Waals surface area contributed by atoms with Crippen molar-refractivity contribution in [2.45, 2.75) is 19.9 Å². The molecule has 6 nitrogen and oxygen atoms in total. The predicted molar refractivity (Wildman–Crippen MR) is 112 cm³/mol. The minimum Gasteiger partial charge on any atom is -0.494 e. The summed E-state index contributed by atoms with van der Waals surface area (Å²) in [5, 5.41) is 5.76. The molecule has 0 aliphatic heterocycles. The summed E-state index contributed by atoms with van der Waals surface area (Å²) in [4.78, 5) is 28.9. The second-order valence-electron chi connectivity index (χ2n) is 6.47. The number of rotatable bonds is 7. The number of carbonyl (C=O) groups is 2. The van der Waals surface area contributed by atoms with Gasteiger partial charge in [-0.1, -0.05) is 18.2 Å². The molecule has 3 aromatic rings. The predicted octanol–water partition coefficient (Wildman–Crippen LogP) is 4.22. The molecule has 0 fully saturated rings. The summed E-state index contributed by atoms with van der Waals surface area (Å²) < 4.78 is 5.44. The van der Waals surface area contributed by atoms with Gasteiger partial charge in [0, 0.05) is 23.6 Å². The average Bonchev–Trinajstić information content (AvgIpc) is 2.75. The van der Waals surface area contributed by atoms with Crippen LogP contribution in [0.1, 0.15) is 46.2 Å². The summed E-state index contributed by atoms with van der Waals surface area (Å²) in [6, 6.07) is 17.7. The van der Waals surface area contributed by atoms with Gasteiger partial charge in [-0.05, 0) is 61.9 Å². The monoisotopic (exact) mass is 389 g/mol. The van der Waals surface area contributed by atoms with E-state index in [1.54, 1.807) is 42.6 Å². The molecule has 1 atom stereocenters. The topological polar surface area (TPSA) is 80.3 Å². The van der Waals surface area contributed by atoms with Gasteiger partial charge < -0.3 is 15.4 Å². The van der Waals surface area contributed by atoms with Crippen molar-refractivity contribution in [2.24, 2.45) is 0 Å². The standard InChI is InChI=1S/C23H23N3O3/c1-3-29-21-11-9-17(10-12-21)16(2)25-22(27)18-6-4-8-20(14-18)26-23(28)19-7-5-13-24-15-19/h4-16H,3H2,1-2H3,(H,25,27)(H,26,28). The van der Waals surface area contributed by atoms with Crippen LogP contribution in [0.2, 0.25) is 0 Å². The number of carbonyl (C=O) groups excluding carboxylic acids is 2. The van der Waals surface area contributed by atoms with E-state index in [1.165, 1.54) is 6.20 Å². The van der Waals surface area contributed by atoms with E-state index >= 15 is 0 Å². The first-order valence-corrected chi connectivity index (χ1v) is 9.42. The maximum atomic E-state index is 12.6. The Morgan fingerprint density at radius 2 is 1.76 bits per heavy atom. The van der Waals surface area contributed by atoms with Gasteiger partial charge in [0.25, 0.3) is 11.8 Å². The van der Waals surface area contributed by atoms with Crippen LogP contribution < -0.4 is 15.4 Å². The van der Waals surface area contributed by atoms with Crippen molar-refractivity contribution < 1.29 is 14.3 Å². The van der Waals surface area contributed by atoms with E-state index in [9.17, 15) is 9.59 Å². The lowest BCUT2D eigenvalue weighted by molar-refractivity contribution is 0.0938. The third kappa shape index (κ3) is 5.42. The fraction of sp³-hybridized carbons (Fsp3) is 0.174. The van der Waals surface area contributed by atoms with Gasteiger partial charge in [0.2, 0.25) is 0 Å². The molecule has 0 spiro atoms. The van der Waals surface area contributed by atoms with Crippen LogP contribution in [0.4, 0.5) is 5.69 Å². The summed E-state index contributed by atoms with van der Waals surface area (Å²) in [7, 11) is 0. The number of ether oxygens (including phenoxy) is 1. The van der Waals surface area contributed by atoms with Crippen LogP contribution in [0.25, 0.3) is 0 Å². The van der Waals surface area contributed by atoms with Crippen LogP contribution in [0, 0.1) is 0 Å². The quantitative estimate of drug-likeness (QED) is 0.634. The number of benzene rings is 2. The molecule has 0 bridgehead atoms. The molecule has 2 aromatic carbocycles. The van der Waals surface area contributed by atoms with Crippen molar-refractivity contribution in [3.8, 4) is 5.75 Å². The molecule has 1 heterocycles. The highest BCUT2D eigenvalue weighted by atomic mass is 16.5. The highest BCUT2D eigenvalue weighted by molar-refractivity contribution is 6.04. The summed E-state index contributed by atoms with van der Waals surface area (Å²) in [5.41, 5.74) is 2.43. The van der Waals surface area contributed by atoms with Crippen LogP contribution in [0.5, 0.6) is 5.75 Å². The Kier molecular flexibility index (Phi) is 6.58. The molecule has 2 amide bonds. The lowest BCUT2D eigenvalue weighted by atomic mass is 10.1. The first-order chi connectivity index (χ1) is 14.1. The Bertz CT molecular complexity index is 972. The normalized spacial score (nSPS) is 11.4. The number of amides is 2. The Morgan fingerprint density at radius 1 is 1.00 bits per heavy atom. The van der Waals surface area contributed by atoms with Crippen LogP contribution in [0.15, 0.2) is 73.1 Å². The van der Waals surface area contributed by atoms with Crippen LogP contribution >= 0.6 is 0 Å². The average molecular weight is 389 g/mol. The molecule has 0 saturated heterocycles. The van der Waals surface area contributed by atoms with Crippen molar-refractivity contribution in [1.29, 1.82) is 0 Å². The van der Waals surface area contributed by atoms with Crippen molar-refractivity contribution in [1.82, 2.24) is 10.3 Å². The SMILES string of the molecule is CCOc1ccc(C(C)NC(=O)c2cccc(NC(=O)c3cccnc3)c2)cc1. The van der Waals surface area contributed by atoms with Crippen LogP contribution in [0.3, 0.4) is 0 Å². The van der Waals surface area contributed by atoms with Gasteiger partial charge in [0.05, 0.1) is 18.2 Å². The molecule has 0 aliphatic carbocycles. The molecule has 0 saturated carbocycles. The molecular formula is C23H23N3O3. The maximum absolute atomic E-state index is 12.6. The van der Waals surface area contributed by atoms with Gasteiger partial charge in [0.1, 0.15) is 5.75 Å². The second-order valence-corrected chi connectivity index (χ2v) is 6.47. The van der Waals surface area contributed by atoms with Crippen molar-refractivity contribution in [2.75, 3.05) is 11.9 Å². The zero-order valence-corrected chi connectivity index (χ0v) is 16.4. The fourth-order valence-corrected chi connectivity index (χ4v) is 2.82. The minimum absolute atomic E-state index is 0.174. The van der Waals surface area contributed by atoms with E-state index in [0.29, 0.717) is 23.4 Å². The summed E-state index contributed by atoms with van der Waals surface area (Å²) in [6.45, 7) is 4.46. The van der Waals surface area contributed by atoms with Gasteiger partial charge in [-0.2, -0.15) is 0 Å². The van der Waals surface area contributed by atoms with Gasteiger partial charge >= 0.3 is 0 Å². The second kappa shape index (κ2) is 9.50. The number of hydrogen-bond acceptors (Lipinski definition) is 4. The van der Waals surface area contributed by atoms with Crippen LogP contribution in [-0.2, 0) is 0 Å². The number of hydrogen-bond donors (Lipinski definition) is 2. The largest absolute Gasteiger partial charge is 0.494 e. The number of anilines is 1. The van der Waals surface area contributed by atoms with Crippen molar-refractivity contribution in [3.05, 3.63) is 89.7 Å². The first kappa shape index (κ1) is 20.1. The number of pyridine rings is 1. The Balaban J connectivity index is 1.65. The number of aromatic nitrogens is 1. The third-order valence-electron chi connectivity index (χ3n) is 4.35. The van der Waals surface area contributed by atoms with E-state index in [4.69, 9.17) is 4.74 Å². The lowest BCUT2D eigenvalue weighted by Gasteiger charge is -2.15. The zero-order chi connectivity index (χ0) is 20.6. The highest BCUT2D eigenvalue weighted by Crippen LogP contribution is 2.19. The number of nitrogens with one attached hydrogen (secondary N) is 2. The van der Waals surface area contributed by atoms with Gasteiger partial charge in [0.15, 0.2) is 0 Å². The molecule has 29 heavy (non-hydrogen) atoms. The summed E-state index contributed by atoms with van der Waals surface area (Å²) in [5.74, 6) is 0.300. The molecular weight excluding hydrogens is 366 g/mol. The molecule has 1 aromatic heterocycles. The first-order valence-electron chi connectivity index (χ1n) is 9.42. The summed E-state index contributed by atoms with van der Waals surface area (Å²) in [6.07, 6.45) is 3.09. The molecule has 6 heteroatoms. The Hall–Kier alpha value is -3.67. The molecule has 0 aliphatic rings. The van der Waals surface area contributed by atoms with E-state index in [1.807, 2.05) is 38.1 Å². The minimum atomic E-state index is -0.279. The molecule has 1 unspecified atom stereocenters. The molecule has 148 valence electrons. The van der Waals surface area contributed by atoms with E-state index < -0.39 is 0 Å². The number of nitrogens with zero attached hydrogens (tertiary/aromatic N) is 1. The molecule has 2 N–H and O–H groups in total. The Morgan fingerprint density at radius 3 is 2.45 bits per heavy atom. The smallest absolute Gasteiger partial charge is 0.257 e. The lowest BCUT2D eigenvalue weighted by Crippen LogP contribution is -2.26. The van der Waals surface area contributed by atoms with Crippen molar-refractivity contribution >= 4 is 17.5 Å². The van der Waals surface area contributed by atoms with E-state index in [-0.39, 0.29) is 17.9 Å². The van der Waals surface area contributed by atoms with E-state index in [0.717, 1.165) is 11.3 Å². The van der Waals surface area contributed by atoms with Gasteiger partial charge in [-0.3, -0.25) is 14.6 Å². The molecule has 3 rings (SSSR count). The van der Waals surface area contributed by atoms with Gasteiger partial charge in [-0.25, -0.2) is 0 Å². The van der Waals surface area contributed by atoms with Crippen LogP contribution in [-0.4, -0.2) is 23.4 Å². The highest BCUT2D eigenvalue weighted by Gasteiger charge is 2.13. The van der Waals surface area contributed by atoms with Crippen molar-refractivity contribution in [3.63, 3.8) is 0 Å². The molecule has 0 radical (unpaired) electrons.